The number of hydrogen-bond donors (Lipinski definition) is 2. The zero-order chi connectivity index (χ0) is 24.0. The maximum Gasteiger partial charge on any atom is 0.341 e. The zero-order valence-corrected chi connectivity index (χ0v) is 18.3. The first kappa shape index (κ1) is 23.3. The van der Waals surface area contributed by atoms with Crippen molar-refractivity contribution >= 4 is 35.1 Å². The van der Waals surface area contributed by atoms with Crippen molar-refractivity contribution in [1.29, 1.82) is 0 Å². The predicted octanol–water partition coefficient (Wildman–Crippen LogP) is 3.69. The first-order valence-corrected chi connectivity index (χ1v) is 9.49. The number of hydrogen-bond acceptors (Lipinski definition) is 10. The second kappa shape index (κ2) is 10.3. The highest BCUT2D eigenvalue weighted by Crippen LogP contribution is 2.28. The molecule has 3 rings (SSSR count). The van der Waals surface area contributed by atoms with Crippen molar-refractivity contribution in [3.63, 3.8) is 0 Å². The van der Waals surface area contributed by atoms with Gasteiger partial charge in [-0.2, -0.15) is 4.98 Å². The number of benzene rings is 2. The summed E-state index contributed by atoms with van der Waals surface area (Å²) in [5, 5.41) is 5.70. The average molecular weight is 456 g/mol. The number of carbonyl (C=O) groups excluding carboxylic acids is 2. The van der Waals surface area contributed by atoms with E-state index in [1.54, 1.807) is 24.3 Å². The van der Waals surface area contributed by atoms with Crippen molar-refractivity contribution in [2.24, 2.45) is 0 Å². The summed E-state index contributed by atoms with van der Waals surface area (Å²) in [5.41, 5.74) is 1.17. The monoisotopic (exact) mass is 456 g/mol. The van der Waals surface area contributed by atoms with E-state index in [-0.39, 0.29) is 22.9 Å². The smallest absolute Gasteiger partial charge is 0.341 e. The highest BCUT2D eigenvalue weighted by atomic mass is 19.1. The Labute approximate surface area is 188 Å². The van der Waals surface area contributed by atoms with Crippen LogP contribution < -0.4 is 20.1 Å². The number of nitrogens with one attached hydrogen (secondary N) is 2. The van der Waals surface area contributed by atoms with E-state index in [1.165, 1.54) is 40.6 Å². The number of esters is 2. The second-order valence-corrected chi connectivity index (χ2v) is 6.45. The van der Waals surface area contributed by atoms with Gasteiger partial charge in [-0.05, 0) is 36.4 Å². The Morgan fingerprint density at radius 1 is 0.818 bits per heavy atom. The Morgan fingerprint density at radius 3 is 1.82 bits per heavy atom. The summed E-state index contributed by atoms with van der Waals surface area (Å²) < 4.78 is 34.2. The normalized spacial score (nSPS) is 10.2. The molecule has 0 spiro atoms. The molecule has 172 valence electrons. The van der Waals surface area contributed by atoms with Crippen LogP contribution in [0.25, 0.3) is 0 Å². The molecule has 10 nitrogen and oxygen atoms in total. The lowest BCUT2D eigenvalue weighted by molar-refractivity contribution is 0.0588. The number of halogens is 1. The molecular formula is C22H21FN4O6. The first-order chi connectivity index (χ1) is 15.9. The molecule has 1 aromatic heterocycles. The van der Waals surface area contributed by atoms with Crippen molar-refractivity contribution in [1.82, 2.24) is 9.97 Å². The summed E-state index contributed by atoms with van der Waals surface area (Å²) in [6.45, 7) is 0. The van der Waals surface area contributed by atoms with Crippen molar-refractivity contribution in [3.05, 3.63) is 59.5 Å². The minimum atomic E-state index is -0.721. The van der Waals surface area contributed by atoms with Gasteiger partial charge in [0.25, 0.3) is 0 Å². The lowest BCUT2D eigenvalue weighted by atomic mass is 10.1. The van der Waals surface area contributed by atoms with Crippen molar-refractivity contribution < 1.29 is 32.9 Å². The van der Waals surface area contributed by atoms with Crippen molar-refractivity contribution in [3.8, 4) is 11.5 Å². The third-order valence-corrected chi connectivity index (χ3v) is 4.47. The van der Waals surface area contributed by atoms with Crippen LogP contribution in [0.4, 0.5) is 27.5 Å². The molecule has 0 aliphatic carbocycles. The summed E-state index contributed by atoms with van der Waals surface area (Å²) in [4.78, 5) is 32.0. The topological polar surface area (TPSA) is 121 Å². The Balaban J connectivity index is 1.88. The number of methoxy groups -OCH3 is 4. The lowest BCUT2D eigenvalue weighted by Crippen LogP contribution is -2.07. The molecule has 2 N–H and O–H groups in total. The third-order valence-electron chi connectivity index (χ3n) is 4.47. The molecular weight excluding hydrogens is 435 g/mol. The molecule has 0 saturated carbocycles. The third kappa shape index (κ3) is 5.26. The van der Waals surface area contributed by atoms with Gasteiger partial charge in [0, 0.05) is 11.4 Å². The van der Waals surface area contributed by atoms with Gasteiger partial charge in [-0.25, -0.2) is 19.0 Å². The van der Waals surface area contributed by atoms with E-state index >= 15 is 0 Å². The molecule has 1 heterocycles. The van der Waals surface area contributed by atoms with Gasteiger partial charge < -0.3 is 29.6 Å². The zero-order valence-electron chi connectivity index (χ0n) is 18.3. The second-order valence-electron chi connectivity index (χ2n) is 6.45. The molecule has 0 atom stereocenters. The highest BCUT2D eigenvalue weighted by molar-refractivity contribution is 5.94. The van der Waals surface area contributed by atoms with Gasteiger partial charge in [-0.3, -0.25) is 0 Å². The van der Waals surface area contributed by atoms with E-state index in [4.69, 9.17) is 18.9 Å². The van der Waals surface area contributed by atoms with Crippen molar-refractivity contribution in [2.75, 3.05) is 39.1 Å². The highest BCUT2D eigenvalue weighted by Gasteiger charge is 2.16. The fraction of sp³-hybridized carbons (Fsp3) is 0.182. The van der Waals surface area contributed by atoms with E-state index in [2.05, 4.69) is 20.6 Å². The summed E-state index contributed by atoms with van der Waals surface area (Å²) in [6, 6.07) is 9.28. The minimum Gasteiger partial charge on any atom is -0.496 e. The quantitative estimate of drug-likeness (QED) is 0.485. The van der Waals surface area contributed by atoms with Gasteiger partial charge in [0.2, 0.25) is 5.95 Å². The van der Waals surface area contributed by atoms with Gasteiger partial charge in [0.1, 0.15) is 22.6 Å². The van der Waals surface area contributed by atoms with Crippen LogP contribution in [-0.2, 0) is 9.47 Å². The molecule has 0 unspecified atom stereocenters. The number of anilines is 4. The van der Waals surface area contributed by atoms with E-state index in [9.17, 15) is 14.0 Å². The van der Waals surface area contributed by atoms with Crippen molar-refractivity contribution in [2.45, 2.75) is 0 Å². The number of aromatic nitrogens is 2. The van der Waals surface area contributed by atoms with Crippen LogP contribution in [-0.4, -0.2) is 50.3 Å². The SMILES string of the molecule is COC(=O)c1cc(Nc2ncc(F)c(Nc3ccc(OC)c(C(=O)OC)c3)n2)ccc1OC. The van der Waals surface area contributed by atoms with Crippen LogP contribution in [0.1, 0.15) is 20.7 Å². The number of carbonyl (C=O) groups is 2. The Hall–Kier alpha value is -4.41. The van der Waals surface area contributed by atoms with E-state index in [1.807, 2.05) is 0 Å². The van der Waals surface area contributed by atoms with E-state index < -0.39 is 17.8 Å². The summed E-state index contributed by atoms with van der Waals surface area (Å²) >= 11 is 0. The lowest BCUT2D eigenvalue weighted by Gasteiger charge is -2.13. The Kier molecular flexibility index (Phi) is 7.24. The average Bonchev–Trinajstić information content (AvgIpc) is 2.84. The van der Waals surface area contributed by atoms with Crippen LogP contribution in [0.2, 0.25) is 0 Å². The Morgan fingerprint density at radius 2 is 1.33 bits per heavy atom. The van der Waals surface area contributed by atoms with Gasteiger partial charge in [-0.15, -0.1) is 0 Å². The summed E-state index contributed by atoms with van der Waals surface area (Å²) in [7, 11) is 5.35. The maximum atomic E-state index is 14.4. The van der Waals surface area contributed by atoms with Crippen LogP contribution in [0.3, 0.4) is 0 Å². The standard InChI is InChI=1S/C22H21FN4O6/c1-30-17-7-5-12(9-14(17)20(28)32-3)25-19-16(23)11-24-22(27-19)26-13-6-8-18(31-2)15(10-13)21(29)33-4/h5-11H,1-4H3,(H2,24,25,26,27). The molecule has 0 radical (unpaired) electrons. The molecule has 0 aliphatic heterocycles. The van der Waals surface area contributed by atoms with Crippen LogP contribution in [0, 0.1) is 5.82 Å². The van der Waals surface area contributed by atoms with Gasteiger partial charge >= 0.3 is 11.9 Å². The molecule has 3 aromatic rings. The van der Waals surface area contributed by atoms with E-state index in [0.29, 0.717) is 22.9 Å². The predicted molar refractivity (Wildman–Crippen MR) is 117 cm³/mol. The molecule has 0 bridgehead atoms. The van der Waals surface area contributed by atoms with Gasteiger partial charge in [0.15, 0.2) is 11.6 Å². The Bertz CT molecular complexity index is 1190. The first-order valence-electron chi connectivity index (χ1n) is 9.49. The number of ether oxygens (including phenoxy) is 4. The number of rotatable bonds is 8. The molecule has 33 heavy (non-hydrogen) atoms. The largest absolute Gasteiger partial charge is 0.496 e. The van der Waals surface area contributed by atoms with Crippen LogP contribution in [0.5, 0.6) is 11.5 Å². The van der Waals surface area contributed by atoms with Crippen LogP contribution >= 0.6 is 0 Å². The summed E-state index contributed by atoms with van der Waals surface area (Å²) in [6.07, 6.45) is 0.979. The molecule has 0 saturated heterocycles. The fourth-order valence-electron chi connectivity index (χ4n) is 2.89. The summed E-state index contributed by atoms with van der Waals surface area (Å²) in [5.74, 6) is -1.37. The fourth-order valence-corrected chi connectivity index (χ4v) is 2.89. The molecule has 0 fully saturated rings. The minimum absolute atomic E-state index is 0.0570. The van der Waals surface area contributed by atoms with E-state index in [0.717, 1.165) is 6.20 Å². The molecule has 2 aromatic carbocycles. The molecule has 0 amide bonds. The molecule has 0 aliphatic rings. The maximum absolute atomic E-state index is 14.4. The molecule has 11 heteroatoms. The van der Waals surface area contributed by atoms with Gasteiger partial charge in [0.05, 0.1) is 34.6 Å². The van der Waals surface area contributed by atoms with Crippen LogP contribution in [0.15, 0.2) is 42.6 Å². The van der Waals surface area contributed by atoms with Gasteiger partial charge in [-0.1, -0.05) is 0 Å². The number of nitrogens with zero attached hydrogens (tertiary/aromatic N) is 2.